The van der Waals surface area contributed by atoms with Crippen LogP contribution in [0.2, 0.25) is 0 Å². The largest absolute Gasteiger partial charge is 0.490 e. The van der Waals surface area contributed by atoms with E-state index in [-0.39, 0.29) is 52.2 Å². The molecule has 1 fully saturated rings. The standard InChI is InChI=1S/C34H27F7N4O5/c1-31(30(42)47)16-49-27-23(31)14-25(45-26(27)17-4-7-19(35)8-5-17)32(48,34(39,40)41)15-44-29(46)18-6-11-24(50-20-9-10-20)22(13-18)21-3-2-12-43-28(21)33(36,37)38/h2-8,11-14,20,48H,9-10,15-16H2,1H3,(H2,42,47)(H,44,46)/t31-,32-/m0/s1. The molecule has 0 spiro atoms. The van der Waals surface area contributed by atoms with Crippen LogP contribution in [0.4, 0.5) is 30.7 Å². The van der Waals surface area contributed by atoms with Crippen molar-refractivity contribution < 1.29 is 54.9 Å². The number of alkyl halides is 6. The fourth-order valence-corrected chi connectivity index (χ4v) is 5.45. The zero-order chi connectivity index (χ0) is 36.2. The molecule has 2 aromatic carbocycles. The highest BCUT2D eigenvalue weighted by atomic mass is 19.4. The minimum absolute atomic E-state index is 0.00438. The Morgan fingerprint density at radius 2 is 1.74 bits per heavy atom. The molecule has 1 saturated carbocycles. The molecule has 0 unspecified atom stereocenters. The fourth-order valence-electron chi connectivity index (χ4n) is 5.45. The van der Waals surface area contributed by atoms with E-state index in [0.717, 1.165) is 42.6 Å². The molecule has 2 aromatic heterocycles. The Hall–Kier alpha value is -5.25. The Kier molecular flexibility index (Phi) is 8.49. The van der Waals surface area contributed by atoms with Gasteiger partial charge in [-0.2, -0.15) is 26.3 Å². The van der Waals surface area contributed by atoms with Crippen molar-refractivity contribution in [2.45, 2.75) is 49.2 Å². The SMILES string of the molecule is C[C@]1(C(N)=O)COc2c1cc([C@@](O)(CNC(=O)c1ccc(OC3CC3)c(-c3cccnc3C(F)(F)F)c1)C(F)(F)F)nc2-c1ccc(F)cc1. The third-order valence-corrected chi connectivity index (χ3v) is 8.56. The van der Waals surface area contributed by atoms with Crippen molar-refractivity contribution in [3.05, 3.63) is 95.2 Å². The number of nitrogens with zero attached hydrogens (tertiary/aromatic N) is 2. The number of nitrogens with two attached hydrogens (primary N) is 1. The number of halogens is 7. The summed E-state index contributed by atoms with van der Waals surface area (Å²) < 4.78 is 111. The second kappa shape index (κ2) is 12.3. The number of rotatable bonds is 9. The molecule has 0 bridgehead atoms. The summed E-state index contributed by atoms with van der Waals surface area (Å²) in [6.45, 7) is -0.559. The fraction of sp³-hybridized carbons (Fsp3) is 0.294. The number of hydrogen-bond donors (Lipinski definition) is 3. The summed E-state index contributed by atoms with van der Waals surface area (Å²) in [5.74, 6) is -2.90. The van der Waals surface area contributed by atoms with E-state index in [0.29, 0.717) is 12.8 Å². The number of benzene rings is 2. The molecule has 4 aromatic rings. The number of aliphatic hydroxyl groups is 1. The highest BCUT2D eigenvalue weighted by molar-refractivity contribution is 5.96. The number of primary amides is 1. The quantitative estimate of drug-likeness (QED) is 0.187. The van der Waals surface area contributed by atoms with E-state index in [1.54, 1.807) is 0 Å². The summed E-state index contributed by atoms with van der Waals surface area (Å²) in [4.78, 5) is 33.3. The van der Waals surface area contributed by atoms with E-state index in [9.17, 15) is 45.4 Å². The number of carbonyl (C=O) groups excluding carboxylic acids is 2. The van der Waals surface area contributed by atoms with Gasteiger partial charge in [-0.15, -0.1) is 0 Å². The highest BCUT2D eigenvalue weighted by Gasteiger charge is 2.58. The number of carbonyl (C=O) groups is 2. The Morgan fingerprint density at radius 1 is 1.04 bits per heavy atom. The smallest absolute Gasteiger partial charge is 0.433 e. The Bertz CT molecular complexity index is 1980. The molecule has 50 heavy (non-hydrogen) atoms. The molecule has 9 nitrogen and oxygen atoms in total. The van der Waals surface area contributed by atoms with Gasteiger partial charge in [0.05, 0.1) is 18.3 Å². The summed E-state index contributed by atoms with van der Waals surface area (Å²) in [6.07, 6.45) is -8.39. The average molecular weight is 705 g/mol. The lowest BCUT2D eigenvalue weighted by Gasteiger charge is -2.31. The van der Waals surface area contributed by atoms with Crippen molar-refractivity contribution in [2.75, 3.05) is 13.2 Å². The van der Waals surface area contributed by atoms with E-state index in [1.165, 1.54) is 31.2 Å². The molecule has 6 rings (SSSR count). The van der Waals surface area contributed by atoms with Crippen LogP contribution < -0.4 is 20.5 Å². The van der Waals surface area contributed by atoms with Crippen LogP contribution in [0.15, 0.2) is 66.9 Å². The van der Waals surface area contributed by atoms with Gasteiger partial charge < -0.3 is 25.6 Å². The molecule has 16 heteroatoms. The first-order chi connectivity index (χ1) is 23.4. The lowest BCUT2D eigenvalue weighted by Crippen LogP contribution is -2.51. The van der Waals surface area contributed by atoms with Gasteiger partial charge in [0.2, 0.25) is 11.5 Å². The molecular formula is C34H27F7N4O5. The molecule has 3 heterocycles. The van der Waals surface area contributed by atoms with E-state index < -0.39 is 64.5 Å². The molecule has 0 saturated heterocycles. The lowest BCUT2D eigenvalue weighted by atomic mass is 9.81. The first-order valence-electron chi connectivity index (χ1n) is 15.1. The predicted molar refractivity (Wildman–Crippen MR) is 162 cm³/mol. The maximum atomic E-state index is 14.8. The van der Waals surface area contributed by atoms with Crippen LogP contribution in [0.1, 0.15) is 47.1 Å². The van der Waals surface area contributed by atoms with Crippen molar-refractivity contribution in [2.24, 2.45) is 5.73 Å². The second-order valence-electron chi connectivity index (χ2n) is 12.2. The van der Waals surface area contributed by atoms with Crippen LogP contribution in [-0.4, -0.2) is 52.3 Å². The first-order valence-corrected chi connectivity index (χ1v) is 15.1. The molecule has 2 aliphatic rings. The molecule has 262 valence electrons. The zero-order valence-corrected chi connectivity index (χ0v) is 26.0. The van der Waals surface area contributed by atoms with E-state index in [2.05, 4.69) is 9.97 Å². The lowest BCUT2D eigenvalue weighted by molar-refractivity contribution is -0.265. The molecule has 4 N–H and O–H groups in total. The molecule has 1 aliphatic carbocycles. The van der Waals surface area contributed by atoms with Crippen molar-refractivity contribution in [3.63, 3.8) is 0 Å². The van der Waals surface area contributed by atoms with E-state index in [4.69, 9.17) is 15.2 Å². The maximum Gasteiger partial charge on any atom is 0.433 e. The Morgan fingerprint density at radius 3 is 2.36 bits per heavy atom. The maximum absolute atomic E-state index is 14.8. The van der Waals surface area contributed by atoms with Crippen molar-refractivity contribution in [3.8, 4) is 33.9 Å². The molecule has 2 atom stereocenters. The third kappa shape index (κ3) is 6.30. The number of aromatic nitrogens is 2. The summed E-state index contributed by atoms with van der Waals surface area (Å²) in [6, 6.07) is 11.1. The van der Waals surface area contributed by atoms with Crippen LogP contribution >= 0.6 is 0 Å². The van der Waals surface area contributed by atoms with Crippen LogP contribution in [0, 0.1) is 5.82 Å². The van der Waals surface area contributed by atoms with Crippen LogP contribution in [-0.2, 0) is 22.0 Å². The summed E-state index contributed by atoms with van der Waals surface area (Å²) in [5, 5.41) is 13.3. The number of amides is 2. The van der Waals surface area contributed by atoms with Gasteiger partial charge in [-0.05, 0) is 74.4 Å². The summed E-state index contributed by atoms with van der Waals surface area (Å²) in [7, 11) is 0. The average Bonchev–Trinajstić information content (AvgIpc) is 3.82. The number of ether oxygens (including phenoxy) is 2. The van der Waals surface area contributed by atoms with Gasteiger partial charge in [-0.3, -0.25) is 14.6 Å². The van der Waals surface area contributed by atoms with Gasteiger partial charge in [0.1, 0.15) is 35.0 Å². The van der Waals surface area contributed by atoms with E-state index >= 15 is 0 Å². The summed E-state index contributed by atoms with van der Waals surface area (Å²) >= 11 is 0. The normalized spacial score (nSPS) is 18.5. The number of nitrogens with one attached hydrogen (secondary N) is 1. The van der Waals surface area contributed by atoms with Gasteiger partial charge in [0.25, 0.3) is 5.91 Å². The summed E-state index contributed by atoms with van der Waals surface area (Å²) in [5.41, 5.74) is -3.52. The van der Waals surface area contributed by atoms with Crippen LogP contribution in [0.5, 0.6) is 11.5 Å². The molecule has 1 aliphatic heterocycles. The van der Waals surface area contributed by atoms with Crippen molar-refractivity contribution in [1.82, 2.24) is 15.3 Å². The second-order valence-corrected chi connectivity index (χ2v) is 12.2. The van der Waals surface area contributed by atoms with Crippen molar-refractivity contribution >= 4 is 11.8 Å². The van der Waals surface area contributed by atoms with Gasteiger partial charge in [0.15, 0.2) is 5.69 Å². The number of fused-ring (bicyclic) bond motifs is 1. The molecule has 0 radical (unpaired) electrons. The third-order valence-electron chi connectivity index (χ3n) is 8.56. The predicted octanol–water partition coefficient (Wildman–Crippen LogP) is 5.83. The Balaban J connectivity index is 1.39. The first kappa shape index (κ1) is 34.6. The molecule has 2 amide bonds. The zero-order valence-electron chi connectivity index (χ0n) is 26.0. The molecular weight excluding hydrogens is 677 g/mol. The minimum atomic E-state index is -5.49. The monoisotopic (exact) mass is 704 g/mol. The number of hydrogen-bond acceptors (Lipinski definition) is 7. The van der Waals surface area contributed by atoms with Crippen LogP contribution in [0.25, 0.3) is 22.4 Å². The van der Waals surface area contributed by atoms with Gasteiger partial charge >= 0.3 is 12.4 Å². The number of pyridine rings is 2. The van der Waals surface area contributed by atoms with Crippen LogP contribution in [0.3, 0.4) is 0 Å². The Labute approximate surface area is 279 Å². The van der Waals surface area contributed by atoms with Crippen molar-refractivity contribution in [1.29, 1.82) is 0 Å². The van der Waals surface area contributed by atoms with Gasteiger partial charge in [-0.25, -0.2) is 9.37 Å². The minimum Gasteiger partial charge on any atom is -0.490 e. The topological polar surface area (TPSA) is 137 Å². The van der Waals surface area contributed by atoms with Gasteiger partial charge in [-0.1, -0.05) is 6.07 Å². The van der Waals surface area contributed by atoms with E-state index in [1.807, 2.05) is 5.32 Å². The van der Waals surface area contributed by atoms with Gasteiger partial charge in [0, 0.05) is 34.0 Å². The highest BCUT2D eigenvalue weighted by Crippen LogP contribution is 2.48.